The van der Waals surface area contributed by atoms with E-state index in [1.165, 1.54) is 14.1 Å². The average Bonchev–Trinajstić information content (AvgIpc) is 2.30. The maximum atomic E-state index is 11.3. The van der Waals surface area contributed by atoms with Gasteiger partial charge in [0.15, 0.2) is 0 Å². The number of aliphatic carboxylic acids is 1. The molecule has 1 rings (SSSR count). The smallest absolute Gasteiger partial charge is 0.329 e. The molecule has 1 heterocycles. The lowest BCUT2D eigenvalue weighted by molar-refractivity contribution is -0.138. The predicted molar refractivity (Wildman–Crippen MR) is 50.2 cm³/mol. The zero-order chi connectivity index (χ0) is 11.0. The van der Waals surface area contributed by atoms with E-state index >= 15 is 0 Å². The Hall–Kier alpha value is -1.27. The minimum absolute atomic E-state index is 0.0485. The van der Waals surface area contributed by atoms with E-state index < -0.39 is 17.7 Å². The number of carboxylic acids is 1. The zero-order valence-corrected chi connectivity index (χ0v) is 8.45. The standard InChI is InChI=1S/C7H10ClN3O3/c1-10-4(3(9)6(12)13)5(8)11(2)7(10)14/h3H,9H2,1-2H3,(H,12,13). The van der Waals surface area contributed by atoms with Gasteiger partial charge in [0, 0.05) is 14.1 Å². The number of hydrogen-bond acceptors (Lipinski definition) is 3. The summed E-state index contributed by atoms with van der Waals surface area (Å²) in [7, 11) is 2.87. The lowest BCUT2D eigenvalue weighted by atomic mass is 10.2. The number of nitrogens with zero attached hydrogens (tertiary/aromatic N) is 2. The summed E-state index contributed by atoms with van der Waals surface area (Å²) in [5, 5.41) is 8.72. The van der Waals surface area contributed by atoms with Crippen molar-refractivity contribution >= 4 is 17.6 Å². The molecule has 0 fully saturated rings. The van der Waals surface area contributed by atoms with E-state index in [1.54, 1.807) is 0 Å². The van der Waals surface area contributed by atoms with Crippen LogP contribution >= 0.6 is 11.6 Å². The van der Waals surface area contributed by atoms with Crippen LogP contribution in [0.4, 0.5) is 0 Å². The number of halogens is 1. The van der Waals surface area contributed by atoms with Gasteiger partial charge < -0.3 is 10.8 Å². The average molecular weight is 220 g/mol. The Kier molecular flexibility index (Phi) is 2.68. The Morgan fingerprint density at radius 1 is 1.50 bits per heavy atom. The second-order valence-corrected chi connectivity index (χ2v) is 3.25. The second-order valence-electron chi connectivity index (χ2n) is 2.89. The molecule has 0 aliphatic carbocycles. The van der Waals surface area contributed by atoms with Crippen molar-refractivity contribution in [3.8, 4) is 0 Å². The highest BCUT2D eigenvalue weighted by Gasteiger charge is 2.24. The van der Waals surface area contributed by atoms with Gasteiger partial charge in [-0.15, -0.1) is 0 Å². The number of imidazole rings is 1. The van der Waals surface area contributed by atoms with Crippen LogP contribution in [0.3, 0.4) is 0 Å². The molecule has 0 radical (unpaired) electrons. The molecule has 0 saturated carbocycles. The molecular weight excluding hydrogens is 210 g/mol. The molecule has 7 heteroatoms. The molecule has 0 saturated heterocycles. The Morgan fingerprint density at radius 2 is 2.00 bits per heavy atom. The van der Waals surface area contributed by atoms with Crippen LogP contribution in [0.2, 0.25) is 5.15 Å². The van der Waals surface area contributed by atoms with Crippen molar-refractivity contribution in [1.82, 2.24) is 9.13 Å². The molecule has 1 aromatic rings. The van der Waals surface area contributed by atoms with Crippen molar-refractivity contribution in [2.45, 2.75) is 6.04 Å². The molecular formula is C7H10ClN3O3. The van der Waals surface area contributed by atoms with Crippen LogP contribution in [-0.4, -0.2) is 20.2 Å². The highest BCUT2D eigenvalue weighted by molar-refractivity contribution is 6.30. The van der Waals surface area contributed by atoms with Gasteiger partial charge in [-0.05, 0) is 0 Å². The summed E-state index contributed by atoms with van der Waals surface area (Å²) in [6, 6.07) is -1.29. The number of carbonyl (C=O) groups is 1. The zero-order valence-electron chi connectivity index (χ0n) is 7.69. The molecule has 78 valence electrons. The van der Waals surface area contributed by atoms with Crippen LogP contribution in [0, 0.1) is 0 Å². The predicted octanol–water partition coefficient (Wildman–Crippen LogP) is -0.538. The van der Waals surface area contributed by atoms with Crippen LogP contribution in [0.1, 0.15) is 11.7 Å². The van der Waals surface area contributed by atoms with Crippen LogP contribution in [0.25, 0.3) is 0 Å². The fourth-order valence-corrected chi connectivity index (χ4v) is 1.49. The summed E-state index contributed by atoms with van der Waals surface area (Å²) < 4.78 is 2.26. The van der Waals surface area contributed by atoms with E-state index in [4.69, 9.17) is 22.4 Å². The van der Waals surface area contributed by atoms with Crippen LogP contribution in [-0.2, 0) is 18.9 Å². The summed E-state index contributed by atoms with van der Waals surface area (Å²) in [5.41, 5.74) is 5.07. The Labute approximate surface area is 84.5 Å². The van der Waals surface area contributed by atoms with E-state index in [-0.39, 0.29) is 10.8 Å². The molecule has 0 aliphatic rings. The number of carboxylic acid groups (broad SMARTS) is 1. The van der Waals surface area contributed by atoms with Crippen molar-refractivity contribution in [3.63, 3.8) is 0 Å². The van der Waals surface area contributed by atoms with E-state index in [9.17, 15) is 9.59 Å². The maximum Gasteiger partial charge on any atom is 0.329 e. The quantitative estimate of drug-likeness (QED) is 0.699. The second kappa shape index (κ2) is 3.47. The molecule has 6 nitrogen and oxygen atoms in total. The number of rotatable bonds is 2. The van der Waals surface area contributed by atoms with Gasteiger partial charge in [0.2, 0.25) is 0 Å². The first-order chi connectivity index (χ1) is 6.37. The first-order valence-electron chi connectivity index (χ1n) is 3.77. The molecule has 1 atom stereocenters. The number of hydrogen-bond donors (Lipinski definition) is 2. The lowest BCUT2D eigenvalue weighted by Crippen LogP contribution is -2.26. The van der Waals surface area contributed by atoms with Crippen molar-refractivity contribution in [2.75, 3.05) is 0 Å². The summed E-state index contributed by atoms with van der Waals surface area (Å²) in [6.45, 7) is 0. The first kappa shape index (κ1) is 10.8. The highest BCUT2D eigenvalue weighted by atomic mass is 35.5. The van der Waals surface area contributed by atoms with Crippen LogP contribution < -0.4 is 11.4 Å². The Bertz CT molecular complexity index is 434. The van der Waals surface area contributed by atoms with Gasteiger partial charge in [-0.2, -0.15) is 0 Å². The molecule has 1 aromatic heterocycles. The van der Waals surface area contributed by atoms with E-state index in [2.05, 4.69) is 0 Å². The van der Waals surface area contributed by atoms with Gasteiger partial charge in [-0.3, -0.25) is 13.9 Å². The summed E-state index contributed by atoms with van der Waals surface area (Å²) >= 11 is 5.76. The van der Waals surface area contributed by atoms with E-state index in [1.807, 2.05) is 0 Å². The molecule has 0 aliphatic heterocycles. The molecule has 14 heavy (non-hydrogen) atoms. The van der Waals surface area contributed by atoms with E-state index in [0.717, 1.165) is 9.13 Å². The topological polar surface area (TPSA) is 90.2 Å². The van der Waals surface area contributed by atoms with Crippen molar-refractivity contribution in [3.05, 3.63) is 21.3 Å². The van der Waals surface area contributed by atoms with Crippen molar-refractivity contribution in [1.29, 1.82) is 0 Å². The Morgan fingerprint density at radius 3 is 2.29 bits per heavy atom. The van der Waals surface area contributed by atoms with Gasteiger partial charge in [0.25, 0.3) is 0 Å². The van der Waals surface area contributed by atoms with Gasteiger partial charge in [-0.1, -0.05) is 11.6 Å². The normalized spacial score (nSPS) is 12.9. The van der Waals surface area contributed by atoms with Gasteiger partial charge >= 0.3 is 11.7 Å². The largest absolute Gasteiger partial charge is 0.480 e. The molecule has 1 unspecified atom stereocenters. The fraction of sp³-hybridized carbons (Fsp3) is 0.429. The Balaban J connectivity index is 3.42. The van der Waals surface area contributed by atoms with Crippen molar-refractivity contribution < 1.29 is 9.90 Å². The fourth-order valence-electron chi connectivity index (χ4n) is 1.18. The maximum absolute atomic E-state index is 11.3. The molecule has 0 bridgehead atoms. The third kappa shape index (κ3) is 1.42. The third-order valence-corrected chi connectivity index (χ3v) is 2.45. The minimum atomic E-state index is -1.29. The SMILES string of the molecule is Cn1c(Cl)c(C(N)C(=O)O)n(C)c1=O. The summed E-state index contributed by atoms with van der Waals surface area (Å²) in [6.07, 6.45) is 0. The molecule has 0 spiro atoms. The molecule has 0 aromatic carbocycles. The van der Waals surface area contributed by atoms with Crippen LogP contribution in [0.5, 0.6) is 0 Å². The highest BCUT2D eigenvalue weighted by Crippen LogP contribution is 2.19. The first-order valence-corrected chi connectivity index (χ1v) is 4.15. The van der Waals surface area contributed by atoms with Gasteiger partial charge in [-0.25, -0.2) is 4.79 Å². The summed E-state index contributed by atoms with van der Waals surface area (Å²) in [4.78, 5) is 21.9. The van der Waals surface area contributed by atoms with Crippen molar-refractivity contribution in [2.24, 2.45) is 19.8 Å². The minimum Gasteiger partial charge on any atom is -0.480 e. The van der Waals surface area contributed by atoms with Crippen LogP contribution in [0.15, 0.2) is 4.79 Å². The van der Waals surface area contributed by atoms with Gasteiger partial charge in [0.05, 0.1) is 5.69 Å². The number of nitrogens with two attached hydrogens (primary N) is 1. The molecule has 3 N–H and O–H groups in total. The lowest BCUT2D eigenvalue weighted by Gasteiger charge is -2.06. The van der Waals surface area contributed by atoms with E-state index in [0.29, 0.717) is 0 Å². The van der Waals surface area contributed by atoms with Gasteiger partial charge in [0.1, 0.15) is 11.2 Å². The molecule has 0 amide bonds. The number of aromatic nitrogens is 2. The third-order valence-electron chi connectivity index (χ3n) is 2.00. The monoisotopic (exact) mass is 219 g/mol. The summed E-state index contributed by atoms with van der Waals surface area (Å²) in [5.74, 6) is -1.23.